The molecule has 0 N–H and O–H groups in total. The first-order valence-electron chi connectivity index (χ1n) is 4.66. The van der Waals surface area contributed by atoms with Gasteiger partial charge in [0.25, 0.3) is 0 Å². The zero-order chi connectivity index (χ0) is 9.03. The van der Waals surface area contributed by atoms with Crippen LogP contribution in [0.1, 0.15) is 25.7 Å². The highest BCUT2D eigenvalue weighted by molar-refractivity contribution is 5.79. The molecule has 0 aromatic carbocycles. The molecule has 0 aromatic rings. The van der Waals surface area contributed by atoms with Gasteiger partial charge in [-0.05, 0) is 25.8 Å². The summed E-state index contributed by atoms with van der Waals surface area (Å²) in [5, 5.41) is 0. The molecule has 1 saturated heterocycles. The number of carbonyl (C=O) groups excluding carboxylic acids is 1. The molecule has 0 spiro atoms. The molecular weight excluding hydrogens is 150 g/mol. The van der Waals surface area contributed by atoms with Crippen molar-refractivity contribution in [3.8, 4) is 0 Å². The Morgan fingerprint density at radius 3 is 2.83 bits per heavy atom. The zero-order valence-corrected chi connectivity index (χ0v) is 7.88. The third kappa shape index (κ3) is 2.45. The maximum atomic E-state index is 11.3. The van der Waals surface area contributed by atoms with E-state index in [2.05, 4.69) is 13.6 Å². The summed E-state index contributed by atoms with van der Waals surface area (Å²) in [7, 11) is 2.08. The van der Waals surface area contributed by atoms with Gasteiger partial charge in [0.15, 0.2) is 5.78 Å². The number of hydrogen-bond acceptors (Lipinski definition) is 1. The summed E-state index contributed by atoms with van der Waals surface area (Å²) in [6, 6.07) is 0. The van der Waals surface area contributed by atoms with Crippen molar-refractivity contribution in [2.45, 2.75) is 25.7 Å². The van der Waals surface area contributed by atoms with Gasteiger partial charge in [0.1, 0.15) is 6.54 Å². The number of hydrogen-bond donors (Lipinski definition) is 0. The molecule has 1 rings (SSSR count). The molecule has 12 heavy (non-hydrogen) atoms. The van der Waals surface area contributed by atoms with Gasteiger partial charge in [-0.15, -0.1) is 0 Å². The van der Waals surface area contributed by atoms with E-state index in [1.54, 1.807) is 0 Å². The fraction of sp³-hybridized carbons (Fsp3) is 0.700. The average molecular weight is 168 g/mol. The highest BCUT2D eigenvalue weighted by Crippen LogP contribution is 2.13. The van der Waals surface area contributed by atoms with Crippen LogP contribution in [-0.2, 0) is 4.79 Å². The number of likely N-dealkylation sites (N-methyl/N-ethyl adjacent to an activating group) is 1. The van der Waals surface area contributed by atoms with E-state index in [0.717, 1.165) is 23.9 Å². The van der Waals surface area contributed by atoms with Crippen LogP contribution in [0.3, 0.4) is 0 Å². The molecule has 1 aliphatic rings. The Balaban J connectivity index is 2.60. The SMILES string of the molecule is C=C[N+]1(C)CCCCCC(=O)C1. The predicted molar refractivity (Wildman–Crippen MR) is 49.6 cm³/mol. The number of rotatable bonds is 1. The Kier molecular flexibility index (Phi) is 3.04. The van der Waals surface area contributed by atoms with Crippen molar-refractivity contribution in [1.29, 1.82) is 0 Å². The summed E-state index contributed by atoms with van der Waals surface area (Å²) < 4.78 is 0.721. The van der Waals surface area contributed by atoms with Crippen LogP contribution in [0.2, 0.25) is 0 Å². The number of nitrogens with zero attached hydrogens (tertiary/aromatic N) is 1. The van der Waals surface area contributed by atoms with Gasteiger partial charge in [0.05, 0.1) is 19.8 Å². The van der Waals surface area contributed by atoms with E-state index in [4.69, 9.17) is 0 Å². The van der Waals surface area contributed by atoms with Crippen LogP contribution in [0, 0.1) is 0 Å². The molecule has 68 valence electrons. The quantitative estimate of drug-likeness (QED) is 0.545. The minimum atomic E-state index is 0.386. The fourth-order valence-corrected chi connectivity index (χ4v) is 1.69. The van der Waals surface area contributed by atoms with Crippen molar-refractivity contribution in [2.24, 2.45) is 0 Å². The maximum absolute atomic E-state index is 11.3. The number of carbonyl (C=O) groups is 1. The Labute approximate surface area is 74.5 Å². The van der Waals surface area contributed by atoms with Crippen LogP contribution in [-0.4, -0.2) is 30.4 Å². The van der Waals surface area contributed by atoms with Gasteiger partial charge >= 0.3 is 0 Å². The second kappa shape index (κ2) is 3.85. The van der Waals surface area contributed by atoms with Crippen molar-refractivity contribution in [2.75, 3.05) is 20.1 Å². The van der Waals surface area contributed by atoms with E-state index < -0.39 is 0 Å². The lowest BCUT2D eigenvalue weighted by Crippen LogP contribution is -2.44. The monoisotopic (exact) mass is 168 g/mol. The third-order valence-corrected chi connectivity index (χ3v) is 2.60. The Hall–Kier alpha value is -0.630. The first-order chi connectivity index (χ1) is 5.66. The summed E-state index contributed by atoms with van der Waals surface area (Å²) in [5.41, 5.74) is 0. The van der Waals surface area contributed by atoms with Gasteiger partial charge < -0.3 is 0 Å². The molecule has 1 heterocycles. The Morgan fingerprint density at radius 1 is 1.42 bits per heavy atom. The lowest BCUT2D eigenvalue weighted by atomic mass is 10.1. The van der Waals surface area contributed by atoms with Crippen molar-refractivity contribution in [3.05, 3.63) is 12.8 Å². The number of quaternary nitrogens is 1. The van der Waals surface area contributed by atoms with E-state index in [0.29, 0.717) is 12.3 Å². The fourth-order valence-electron chi connectivity index (χ4n) is 1.69. The lowest BCUT2D eigenvalue weighted by Gasteiger charge is -2.30. The Bertz CT molecular complexity index is 188. The van der Waals surface area contributed by atoms with Crippen LogP contribution < -0.4 is 0 Å². The van der Waals surface area contributed by atoms with E-state index in [-0.39, 0.29) is 0 Å². The largest absolute Gasteiger partial charge is 0.294 e. The molecule has 0 aliphatic carbocycles. The molecule has 1 atom stereocenters. The minimum Gasteiger partial charge on any atom is -0.294 e. The molecule has 0 bridgehead atoms. The molecule has 1 fully saturated rings. The van der Waals surface area contributed by atoms with E-state index >= 15 is 0 Å². The molecule has 2 nitrogen and oxygen atoms in total. The molecule has 1 unspecified atom stereocenters. The van der Waals surface area contributed by atoms with Gasteiger partial charge in [-0.25, -0.2) is 0 Å². The summed E-state index contributed by atoms with van der Waals surface area (Å²) in [6.07, 6.45) is 6.14. The summed E-state index contributed by atoms with van der Waals surface area (Å²) in [6.45, 7) is 5.49. The van der Waals surface area contributed by atoms with E-state index in [9.17, 15) is 4.79 Å². The predicted octanol–water partition coefficient (Wildman–Crippen LogP) is 1.72. The second-order valence-corrected chi connectivity index (χ2v) is 3.89. The van der Waals surface area contributed by atoms with E-state index in [1.807, 2.05) is 6.20 Å². The smallest absolute Gasteiger partial charge is 0.187 e. The number of likely N-dealkylation sites (tertiary alicyclic amines) is 1. The van der Waals surface area contributed by atoms with Gasteiger partial charge in [-0.2, -0.15) is 0 Å². The van der Waals surface area contributed by atoms with Crippen LogP contribution >= 0.6 is 0 Å². The summed E-state index contributed by atoms with van der Waals surface area (Å²) >= 11 is 0. The first kappa shape index (κ1) is 9.46. The normalized spacial score (nSPS) is 32.2. The third-order valence-electron chi connectivity index (χ3n) is 2.60. The van der Waals surface area contributed by atoms with Crippen molar-refractivity contribution in [3.63, 3.8) is 0 Å². The molecule has 0 amide bonds. The summed E-state index contributed by atoms with van der Waals surface area (Å²) in [5.74, 6) is 0.386. The second-order valence-electron chi connectivity index (χ2n) is 3.89. The van der Waals surface area contributed by atoms with Gasteiger partial charge in [0.2, 0.25) is 0 Å². The topological polar surface area (TPSA) is 17.1 Å². The lowest BCUT2D eigenvalue weighted by molar-refractivity contribution is -0.851. The molecule has 0 aromatic heterocycles. The molecule has 0 radical (unpaired) electrons. The molecule has 0 saturated carbocycles. The van der Waals surface area contributed by atoms with Crippen molar-refractivity contribution < 1.29 is 9.28 Å². The number of Topliss-reactive ketones (excluding diaryl/α,β-unsaturated/α-hetero) is 1. The summed E-state index contributed by atoms with van der Waals surface area (Å²) in [4.78, 5) is 11.3. The van der Waals surface area contributed by atoms with Crippen LogP contribution in [0.5, 0.6) is 0 Å². The van der Waals surface area contributed by atoms with Crippen LogP contribution in [0.15, 0.2) is 12.8 Å². The highest BCUT2D eigenvalue weighted by atomic mass is 16.1. The average Bonchev–Trinajstić information content (AvgIpc) is 2.01. The number of ketones is 1. The van der Waals surface area contributed by atoms with E-state index in [1.165, 1.54) is 12.8 Å². The highest BCUT2D eigenvalue weighted by Gasteiger charge is 2.23. The Morgan fingerprint density at radius 2 is 2.17 bits per heavy atom. The maximum Gasteiger partial charge on any atom is 0.187 e. The van der Waals surface area contributed by atoms with Crippen LogP contribution in [0.4, 0.5) is 0 Å². The zero-order valence-electron chi connectivity index (χ0n) is 7.88. The van der Waals surface area contributed by atoms with Gasteiger partial charge in [-0.1, -0.05) is 0 Å². The molecule has 2 heteroatoms. The minimum absolute atomic E-state index is 0.386. The van der Waals surface area contributed by atoms with Gasteiger partial charge in [-0.3, -0.25) is 9.28 Å². The standard InChI is InChI=1S/C10H18NO/c1-3-11(2)8-6-4-5-7-10(12)9-11/h3H,1,4-9H2,2H3/q+1. The van der Waals surface area contributed by atoms with Crippen molar-refractivity contribution >= 4 is 5.78 Å². The first-order valence-corrected chi connectivity index (χ1v) is 4.66. The van der Waals surface area contributed by atoms with Gasteiger partial charge in [0, 0.05) is 6.42 Å². The molecule has 1 aliphatic heterocycles. The van der Waals surface area contributed by atoms with Crippen molar-refractivity contribution in [1.82, 2.24) is 0 Å². The van der Waals surface area contributed by atoms with Crippen LogP contribution in [0.25, 0.3) is 0 Å². The molecular formula is C10H18NO+.